The second-order valence-electron chi connectivity index (χ2n) is 9.49. The van der Waals surface area contributed by atoms with Crippen molar-refractivity contribution >= 4 is 11.6 Å². The van der Waals surface area contributed by atoms with E-state index in [0.29, 0.717) is 30.8 Å². The first kappa shape index (κ1) is 26.8. The maximum Gasteiger partial charge on any atom is 0.221 e. The molecular formula is C29H34N2O6. The number of phenolic OH excluding ortho intramolecular Hbond substituents is 1. The highest BCUT2D eigenvalue weighted by molar-refractivity contribution is 5.88. The van der Waals surface area contributed by atoms with Gasteiger partial charge in [0.15, 0.2) is 6.29 Å². The number of aliphatic hydroxyl groups is 2. The third-order valence-electron chi connectivity index (χ3n) is 6.37. The first-order valence-electron chi connectivity index (χ1n) is 12.3. The molecule has 1 amide bonds. The van der Waals surface area contributed by atoms with Gasteiger partial charge in [-0.25, -0.2) is 0 Å². The number of nitrogens with one attached hydrogen (secondary N) is 1. The fourth-order valence-electron chi connectivity index (χ4n) is 4.51. The van der Waals surface area contributed by atoms with Crippen molar-refractivity contribution in [2.24, 2.45) is 0 Å². The van der Waals surface area contributed by atoms with E-state index in [4.69, 9.17) is 9.47 Å². The van der Waals surface area contributed by atoms with Gasteiger partial charge >= 0.3 is 0 Å². The Labute approximate surface area is 217 Å². The summed E-state index contributed by atoms with van der Waals surface area (Å²) in [6, 6.07) is 21.7. The SMILES string of the molecule is CC(=O)Nc1ccc([C@@H]2O[C@H](CN(C)C[C@@H](O)c3cccc(O)c3)C[C@H](c3ccc(CO)cc3)O2)cc1. The number of hydrogen-bond donors (Lipinski definition) is 4. The first-order valence-corrected chi connectivity index (χ1v) is 12.3. The number of ether oxygens (including phenoxy) is 2. The van der Waals surface area contributed by atoms with E-state index in [1.807, 2.05) is 60.5 Å². The molecule has 196 valence electrons. The van der Waals surface area contributed by atoms with Gasteiger partial charge in [-0.15, -0.1) is 0 Å². The van der Waals surface area contributed by atoms with Crippen molar-refractivity contribution in [3.63, 3.8) is 0 Å². The molecule has 0 aliphatic carbocycles. The van der Waals surface area contributed by atoms with Crippen LogP contribution < -0.4 is 5.32 Å². The second kappa shape index (κ2) is 12.3. The summed E-state index contributed by atoms with van der Waals surface area (Å²) in [7, 11) is 1.92. The predicted molar refractivity (Wildman–Crippen MR) is 140 cm³/mol. The standard InChI is InChI=1S/C29H34N2O6/c1-19(33)30-24-12-10-22(11-13-24)29-36-26(15-28(37-29)21-8-6-20(18-32)7-9-21)16-31(2)17-27(35)23-4-3-5-25(34)14-23/h3-14,26-29,32,34-35H,15-18H2,1-2H3,(H,30,33)/t26-,27+,28+,29+/m0/s1. The number of likely N-dealkylation sites (N-methyl/N-ethyl adjacent to an activating group) is 1. The van der Waals surface area contributed by atoms with Crippen LogP contribution in [0.25, 0.3) is 0 Å². The van der Waals surface area contributed by atoms with Gasteiger partial charge in [0, 0.05) is 37.7 Å². The zero-order chi connectivity index (χ0) is 26.4. The van der Waals surface area contributed by atoms with E-state index in [1.165, 1.54) is 6.92 Å². The van der Waals surface area contributed by atoms with Crippen LogP contribution in [0.15, 0.2) is 72.8 Å². The van der Waals surface area contributed by atoms with Crippen molar-refractivity contribution in [2.45, 2.75) is 44.6 Å². The molecule has 1 aliphatic rings. The van der Waals surface area contributed by atoms with Crippen LogP contribution in [-0.4, -0.2) is 52.4 Å². The molecule has 1 saturated heterocycles. The lowest BCUT2D eigenvalue weighted by molar-refractivity contribution is -0.252. The average molecular weight is 507 g/mol. The van der Waals surface area contributed by atoms with Gasteiger partial charge in [0.2, 0.25) is 5.91 Å². The van der Waals surface area contributed by atoms with E-state index in [2.05, 4.69) is 5.32 Å². The molecule has 4 atom stereocenters. The molecule has 0 unspecified atom stereocenters. The van der Waals surface area contributed by atoms with Gasteiger partial charge in [-0.1, -0.05) is 48.5 Å². The zero-order valence-corrected chi connectivity index (χ0v) is 21.1. The largest absolute Gasteiger partial charge is 0.508 e. The molecule has 0 bridgehead atoms. The average Bonchev–Trinajstić information content (AvgIpc) is 2.88. The number of anilines is 1. The lowest BCUT2D eigenvalue weighted by Crippen LogP contribution is -2.39. The number of amides is 1. The molecule has 1 aliphatic heterocycles. The first-order chi connectivity index (χ1) is 17.8. The third kappa shape index (κ3) is 7.38. The lowest BCUT2D eigenvalue weighted by atomic mass is 9.99. The topological polar surface area (TPSA) is 111 Å². The van der Waals surface area contributed by atoms with Crippen LogP contribution in [0.5, 0.6) is 5.75 Å². The number of aromatic hydroxyl groups is 1. The summed E-state index contributed by atoms with van der Waals surface area (Å²) in [6.07, 6.45) is -1.16. The number of nitrogens with zero attached hydrogens (tertiary/aromatic N) is 1. The smallest absolute Gasteiger partial charge is 0.221 e. The van der Waals surface area contributed by atoms with Crippen LogP contribution >= 0.6 is 0 Å². The van der Waals surface area contributed by atoms with Gasteiger partial charge in [0.05, 0.1) is 24.9 Å². The van der Waals surface area contributed by atoms with E-state index in [-0.39, 0.29) is 30.5 Å². The Morgan fingerprint density at radius 2 is 1.76 bits per heavy atom. The van der Waals surface area contributed by atoms with Gasteiger partial charge < -0.3 is 35.0 Å². The molecule has 37 heavy (non-hydrogen) atoms. The van der Waals surface area contributed by atoms with E-state index in [1.54, 1.807) is 24.3 Å². The summed E-state index contributed by atoms with van der Waals surface area (Å²) in [5, 5.41) is 32.6. The summed E-state index contributed by atoms with van der Waals surface area (Å²) in [5.41, 5.74) is 4.00. The molecule has 4 N–H and O–H groups in total. The maximum atomic E-state index is 11.4. The summed E-state index contributed by atoms with van der Waals surface area (Å²) >= 11 is 0. The Hall–Kier alpha value is -3.27. The van der Waals surface area contributed by atoms with E-state index >= 15 is 0 Å². The fourth-order valence-corrected chi connectivity index (χ4v) is 4.51. The summed E-state index contributed by atoms with van der Waals surface area (Å²) in [6.45, 7) is 2.38. The van der Waals surface area contributed by atoms with Crippen molar-refractivity contribution in [1.82, 2.24) is 4.90 Å². The van der Waals surface area contributed by atoms with Gasteiger partial charge in [0.1, 0.15) is 5.75 Å². The highest BCUT2D eigenvalue weighted by atomic mass is 16.7. The minimum atomic E-state index is -0.754. The number of rotatable bonds is 9. The fraction of sp³-hybridized carbons (Fsp3) is 0.345. The zero-order valence-electron chi connectivity index (χ0n) is 21.1. The number of carbonyl (C=O) groups is 1. The minimum Gasteiger partial charge on any atom is -0.508 e. The van der Waals surface area contributed by atoms with Gasteiger partial charge in [-0.05, 0) is 48.0 Å². The molecule has 1 fully saturated rings. The Bertz CT molecular complexity index is 1170. The van der Waals surface area contributed by atoms with Crippen LogP contribution in [0.3, 0.4) is 0 Å². The Morgan fingerprint density at radius 3 is 2.41 bits per heavy atom. The molecule has 3 aromatic rings. The minimum absolute atomic E-state index is 0.0207. The van der Waals surface area contributed by atoms with E-state index in [9.17, 15) is 20.1 Å². The molecule has 8 heteroatoms. The van der Waals surface area contributed by atoms with Crippen molar-refractivity contribution in [3.8, 4) is 5.75 Å². The van der Waals surface area contributed by atoms with Gasteiger partial charge in [-0.3, -0.25) is 4.79 Å². The molecular weight excluding hydrogens is 472 g/mol. The molecule has 4 rings (SSSR count). The number of benzene rings is 3. The van der Waals surface area contributed by atoms with Crippen molar-refractivity contribution < 1.29 is 29.6 Å². The van der Waals surface area contributed by atoms with Crippen LogP contribution in [0.1, 0.15) is 54.1 Å². The lowest BCUT2D eigenvalue weighted by Gasteiger charge is -2.38. The number of aliphatic hydroxyl groups excluding tert-OH is 2. The van der Waals surface area contributed by atoms with Gasteiger partial charge in [-0.2, -0.15) is 0 Å². The Balaban J connectivity index is 1.49. The quantitative estimate of drug-likeness (QED) is 0.346. The van der Waals surface area contributed by atoms with Crippen molar-refractivity contribution in [2.75, 3.05) is 25.5 Å². The highest BCUT2D eigenvalue weighted by Crippen LogP contribution is 2.38. The molecule has 0 spiro atoms. The Morgan fingerprint density at radius 1 is 1.05 bits per heavy atom. The summed E-state index contributed by atoms with van der Waals surface area (Å²) < 4.78 is 12.7. The number of phenols is 1. The monoisotopic (exact) mass is 506 g/mol. The van der Waals surface area contributed by atoms with Crippen LogP contribution in [0.4, 0.5) is 5.69 Å². The summed E-state index contributed by atoms with van der Waals surface area (Å²) in [4.78, 5) is 13.4. The van der Waals surface area contributed by atoms with Crippen LogP contribution in [0.2, 0.25) is 0 Å². The van der Waals surface area contributed by atoms with Gasteiger partial charge in [0.25, 0.3) is 0 Å². The van der Waals surface area contributed by atoms with E-state index < -0.39 is 12.4 Å². The van der Waals surface area contributed by atoms with Crippen LogP contribution in [-0.2, 0) is 20.9 Å². The molecule has 3 aromatic carbocycles. The van der Waals surface area contributed by atoms with Crippen LogP contribution in [0, 0.1) is 0 Å². The highest BCUT2D eigenvalue weighted by Gasteiger charge is 2.33. The number of hydrogen-bond acceptors (Lipinski definition) is 7. The number of carbonyl (C=O) groups excluding carboxylic acids is 1. The predicted octanol–water partition coefficient (Wildman–Crippen LogP) is 4.05. The molecule has 1 heterocycles. The second-order valence-corrected chi connectivity index (χ2v) is 9.49. The third-order valence-corrected chi connectivity index (χ3v) is 6.37. The normalized spacial score (nSPS) is 20.5. The van der Waals surface area contributed by atoms with Crippen molar-refractivity contribution in [3.05, 3.63) is 95.1 Å². The van der Waals surface area contributed by atoms with E-state index in [0.717, 1.165) is 16.7 Å². The molecule has 0 aromatic heterocycles. The maximum absolute atomic E-state index is 11.4. The summed E-state index contributed by atoms with van der Waals surface area (Å²) in [5.74, 6) is -0.0188. The Kier molecular flexibility index (Phi) is 8.91. The molecule has 0 radical (unpaired) electrons. The molecule has 0 saturated carbocycles. The molecule has 8 nitrogen and oxygen atoms in total. The van der Waals surface area contributed by atoms with Crippen molar-refractivity contribution in [1.29, 1.82) is 0 Å².